The summed E-state index contributed by atoms with van der Waals surface area (Å²) in [6.07, 6.45) is 4.30. The van der Waals surface area contributed by atoms with Crippen LogP contribution in [0, 0.1) is 0 Å². The van der Waals surface area contributed by atoms with Gasteiger partial charge in [-0.3, -0.25) is 4.79 Å². The smallest absolute Gasteiger partial charge is 0.270 e. The number of carbonyl (C=O) groups excluding carboxylic acids is 1. The van der Waals surface area contributed by atoms with Gasteiger partial charge in [0.05, 0.1) is 26.3 Å². The molecule has 2 aromatic carbocycles. The van der Waals surface area contributed by atoms with Gasteiger partial charge in [-0.25, -0.2) is 4.98 Å². The van der Waals surface area contributed by atoms with Gasteiger partial charge in [0.1, 0.15) is 23.0 Å². The van der Waals surface area contributed by atoms with Crippen molar-refractivity contribution in [2.45, 2.75) is 25.2 Å². The van der Waals surface area contributed by atoms with Crippen molar-refractivity contribution in [1.82, 2.24) is 14.9 Å². The van der Waals surface area contributed by atoms with Crippen molar-refractivity contribution in [3.05, 3.63) is 77.6 Å². The van der Waals surface area contributed by atoms with Crippen molar-refractivity contribution in [3.8, 4) is 11.5 Å². The van der Waals surface area contributed by atoms with Crippen LogP contribution in [0.5, 0.6) is 11.5 Å². The summed E-state index contributed by atoms with van der Waals surface area (Å²) in [4.78, 5) is 22.9. The maximum Gasteiger partial charge on any atom is 0.270 e. The van der Waals surface area contributed by atoms with Crippen molar-refractivity contribution in [3.63, 3.8) is 0 Å². The fraction of sp³-hybridized carbons (Fsp3) is 0.308. The highest BCUT2D eigenvalue weighted by molar-refractivity contribution is 5.99. The van der Waals surface area contributed by atoms with E-state index in [2.05, 4.69) is 9.97 Å². The molecule has 5 rings (SSSR count). The molecule has 1 atom stereocenters. The normalized spacial score (nSPS) is 16.2. The molecule has 1 saturated heterocycles. The number of H-pyrrole nitrogens is 1. The minimum absolute atomic E-state index is 0.0129. The number of hydrogen-bond acceptors (Lipinski definition) is 5. The highest BCUT2D eigenvalue weighted by atomic mass is 16.5. The third-order valence-corrected chi connectivity index (χ3v) is 6.22. The summed E-state index contributed by atoms with van der Waals surface area (Å²) < 4.78 is 16.8. The largest absolute Gasteiger partial charge is 0.497 e. The van der Waals surface area contributed by atoms with Crippen LogP contribution in [0.2, 0.25) is 0 Å². The summed E-state index contributed by atoms with van der Waals surface area (Å²) in [5, 5.41) is 0.909. The van der Waals surface area contributed by atoms with Crippen molar-refractivity contribution in [1.29, 1.82) is 0 Å². The van der Waals surface area contributed by atoms with Crippen LogP contribution >= 0.6 is 0 Å². The number of rotatable bonds is 6. The quantitative estimate of drug-likeness (QED) is 0.462. The Balaban J connectivity index is 1.29. The van der Waals surface area contributed by atoms with Gasteiger partial charge in [0.15, 0.2) is 5.89 Å². The Bertz CT molecular complexity index is 1280. The maximum atomic E-state index is 13.2. The lowest BCUT2D eigenvalue weighted by atomic mass is 9.97. The van der Waals surface area contributed by atoms with Crippen LogP contribution in [0.25, 0.3) is 10.9 Å². The first-order chi connectivity index (χ1) is 16.1. The van der Waals surface area contributed by atoms with E-state index in [9.17, 15) is 4.79 Å². The second-order valence-corrected chi connectivity index (χ2v) is 8.39. The van der Waals surface area contributed by atoms with Crippen LogP contribution < -0.4 is 9.47 Å². The fourth-order valence-electron chi connectivity index (χ4n) is 4.53. The number of piperidine rings is 1. The lowest BCUT2D eigenvalue weighted by Gasteiger charge is -2.31. The third-order valence-electron chi connectivity index (χ3n) is 6.22. The molecule has 170 valence electrons. The molecule has 0 radical (unpaired) electrons. The van der Waals surface area contributed by atoms with Crippen LogP contribution in [-0.4, -0.2) is 48.1 Å². The van der Waals surface area contributed by atoms with E-state index < -0.39 is 0 Å². The number of aromatic amines is 1. The van der Waals surface area contributed by atoms with Crippen molar-refractivity contribution in [2.75, 3.05) is 27.3 Å². The number of aromatic nitrogens is 2. The van der Waals surface area contributed by atoms with E-state index in [-0.39, 0.29) is 11.8 Å². The number of hydrogen-bond donors (Lipinski definition) is 1. The second-order valence-electron chi connectivity index (χ2n) is 8.39. The van der Waals surface area contributed by atoms with Gasteiger partial charge < -0.3 is 23.8 Å². The Morgan fingerprint density at radius 2 is 2.06 bits per heavy atom. The molecule has 0 saturated carbocycles. The average molecular weight is 446 g/mol. The van der Waals surface area contributed by atoms with Gasteiger partial charge in [0.2, 0.25) is 0 Å². The zero-order valence-electron chi connectivity index (χ0n) is 18.8. The number of carbonyl (C=O) groups is 1. The Morgan fingerprint density at radius 1 is 1.18 bits per heavy atom. The molecule has 1 fully saturated rings. The van der Waals surface area contributed by atoms with E-state index in [1.165, 1.54) is 0 Å². The summed E-state index contributed by atoms with van der Waals surface area (Å²) in [6, 6.07) is 15.6. The lowest BCUT2D eigenvalue weighted by molar-refractivity contribution is 0.0693. The molecule has 1 N–H and O–H groups in total. The van der Waals surface area contributed by atoms with Crippen LogP contribution in [0.3, 0.4) is 0 Å². The Labute approximate surface area is 192 Å². The highest BCUT2D eigenvalue weighted by Gasteiger charge is 2.29. The molecule has 0 spiro atoms. The van der Waals surface area contributed by atoms with E-state index in [0.29, 0.717) is 24.6 Å². The van der Waals surface area contributed by atoms with Crippen LogP contribution in [0.1, 0.15) is 46.5 Å². The molecule has 3 heterocycles. The van der Waals surface area contributed by atoms with Gasteiger partial charge in [-0.15, -0.1) is 0 Å². The summed E-state index contributed by atoms with van der Waals surface area (Å²) >= 11 is 0. The number of benzene rings is 2. The van der Waals surface area contributed by atoms with Crippen LogP contribution in [0.15, 0.2) is 59.1 Å². The van der Waals surface area contributed by atoms with Crippen molar-refractivity contribution in [2.24, 2.45) is 0 Å². The minimum Gasteiger partial charge on any atom is -0.497 e. The first-order valence-electron chi connectivity index (χ1n) is 11.2. The molecule has 0 aliphatic carbocycles. The molecule has 4 aromatic rings. The predicted octanol–water partition coefficient (Wildman–Crippen LogP) is 4.78. The Hall–Kier alpha value is -3.74. The second kappa shape index (κ2) is 9.02. The van der Waals surface area contributed by atoms with E-state index in [4.69, 9.17) is 13.9 Å². The Morgan fingerprint density at radius 3 is 2.91 bits per heavy atom. The number of amides is 1. The van der Waals surface area contributed by atoms with Gasteiger partial charge in [-0.2, -0.15) is 0 Å². The van der Waals surface area contributed by atoms with Gasteiger partial charge in [0, 0.05) is 30.4 Å². The Kier molecular flexibility index (Phi) is 5.77. The number of oxazole rings is 1. The maximum absolute atomic E-state index is 13.2. The highest BCUT2D eigenvalue weighted by Crippen LogP contribution is 2.30. The topological polar surface area (TPSA) is 80.6 Å². The molecule has 7 nitrogen and oxygen atoms in total. The average Bonchev–Trinajstić information content (AvgIpc) is 3.51. The van der Waals surface area contributed by atoms with Gasteiger partial charge in [0.25, 0.3) is 5.91 Å². The van der Waals surface area contributed by atoms with Crippen LogP contribution in [-0.2, 0) is 6.42 Å². The molecular weight excluding hydrogens is 418 g/mol. The fourth-order valence-corrected chi connectivity index (χ4v) is 4.53. The monoisotopic (exact) mass is 445 g/mol. The first kappa shape index (κ1) is 21.1. The number of methoxy groups -OCH3 is 2. The number of nitrogens with zero attached hydrogens (tertiary/aromatic N) is 2. The van der Waals surface area contributed by atoms with E-state index in [1.807, 2.05) is 53.4 Å². The molecule has 7 heteroatoms. The third kappa shape index (κ3) is 4.31. The summed E-state index contributed by atoms with van der Waals surface area (Å²) in [6.45, 7) is 1.31. The molecule has 1 aliphatic rings. The standard InChI is InChI=1S/C26H27N3O4/c1-31-19-8-3-6-17(12-19)13-20-15-27-25(33-20)18-7-5-11-29(16-18)26(30)23-14-21-22(28-23)9-4-10-24(21)32-2/h3-4,6,8-10,12,14-15,18,28H,5,7,11,13,16H2,1-2H3/t18-/m0/s1. The minimum atomic E-state index is -0.0129. The van der Waals surface area contributed by atoms with Crippen molar-refractivity contribution >= 4 is 16.8 Å². The summed E-state index contributed by atoms with van der Waals surface area (Å²) in [5.41, 5.74) is 2.56. The van der Waals surface area contributed by atoms with Crippen molar-refractivity contribution < 1.29 is 18.7 Å². The number of likely N-dealkylation sites (tertiary alicyclic amines) is 1. The van der Waals surface area contributed by atoms with Gasteiger partial charge >= 0.3 is 0 Å². The summed E-state index contributed by atoms with van der Waals surface area (Å²) in [7, 11) is 3.30. The van der Waals surface area contributed by atoms with Crippen LogP contribution in [0.4, 0.5) is 0 Å². The first-order valence-corrected chi connectivity index (χ1v) is 11.2. The van der Waals surface area contributed by atoms with E-state index in [0.717, 1.165) is 53.1 Å². The molecule has 33 heavy (non-hydrogen) atoms. The lowest BCUT2D eigenvalue weighted by Crippen LogP contribution is -2.39. The number of nitrogens with one attached hydrogen (secondary N) is 1. The molecule has 0 bridgehead atoms. The van der Waals surface area contributed by atoms with Gasteiger partial charge in [-0.1, -0.05) is 18.2 Å². The summed E-state index contributed by atoms with van der Waals surface area (Å²) in [5.74, 6) is 3.15. The molecule has 1 amide bonds. The van der Waals surface area contributed by atoms with Gasteiger partial charge in [-0.05, 0) is 48.7 Å². The molecule has 2 aromatic heterocycles. The SMILES string of the molecule is COc1cccc(Cc2cnc([C@H]3CCCN(C(=O)c4cc5c(OC)cccc5[nH]4)C3)o2)c1. The molecule has 1 aliphatic heterocycles. The van der Waals surface area contributed by atoms with E-state index in [1.54, 1.807) is 20.4 Å². The zero-order chi connectivity index (χ0) is 22.8. The predicted molar refractivity (Wildman–Crippen MR) is 125 cm³/mol. The number of ether oxygens (including phenoxy) is 2. The zero-order valence-corrected chi connectivity index (χ0v) is 18.8. The molecule has 0 unspecified atom stereocenters. The number of fused-ring (bicyclic) bond motifs is 1. The molecular formula is C26H27N3O4. The van der Waals surface area contributed by atoms with E-state index >= 15 is 0 Å².